The molecule has 0 aromatic heterocycles. The number of hydrogen-bond donors (Lipinski definition) is 3. The Morgan fingerprint density at radius 1 is 1.12 bits per heavy atom. The van der Waals surface area contributed by atoms with Gasteiger partial charge in [-0.2, -0.15) is 0 Å². The van der Waals surface area contributed by atoms with Crippen LogP contribution in [0.25, 0.3) is 0 Å². The van der Waals surface area contributed by atoms with E-state index >= 15 is 0 Å². The third-order valence-corrected chi connectivity index (χ3v) is 4.34. The summed E-state index contributed by atoms with van der Waals surface area (Å²) in [4.78, 5) is 12.6. The number of esters is 1. The molecule has 0 amide bonds. The SMILES string of the molecule is CC=CC(C)(C)C(O)C(C)(C)CC(C)(C)C(=O)OC(C)(C)NCO. The van der Waals surface area contributed by atoms with Crippen molar-refractivity contribution in [1.29, 1.82) is 0 Å². The molecule has 0 bridgehead atoms. The van der Waals surface area contributed by atoms with Gasteiger partial charge >= 0.3 is 5.97 Å². The summed E-state index contributed by atoms with van der Waals surface area (Å²) >= 11 is 0. The molecule has 0 aliphatic heterocycles. The first-order chi connectivity index (χ1) is 10.6. The average Bonchev–Trinajstić information content (AvgIpc) is 2.35. The van der Waals surface area contributed by atoms with E-state index in [9.17, 15) is 9.90 Å². The number of carbonyl (C=O) groups is 1. The normalized spacial score (nSPS) is 15.6. The number of rotatable bonds is 9. The monoisotopic (exact) mass is 343 g/mol. The van der Waals surface area contributed by atoms with Gasteiger partial charge in [0.15, 0.2) is 5.72 Å². The predicted octanol–water partition coefficient (Wildman–Crippen LogP) is 3.21. The number of allylic oxidation sites excluding steroid dienone is 1. The highest BCUT2D eigenvalue weighted by Gasteiger charge is 2.45. The number of carbonyl (C=O) groups excluding carboxylic acids is 1. The lowest BCUT2D eigenvalue weighted by atomic mass is 9.65. The summed E-state index contributed by atoms with van der Waals surface area (Å²) in [6.07, 6.45) is 3.77. The van der Waals surface area contributed by atoms with E-state index < -0.39 is 28.1 Å². The zero-order chi connectivity index (χ0) is 19.4. The van der Waals surface area contributed by atoms with Crippen LogP contribution < -0.4 is 5.32 Å². The van der Waals surface area contributed by atoms with Gasteiger partial charge in [0.2, 0.25) is 0 Å². The minimum absolute atomic E-state index is 0.275. The standard InChI is InChI=1S/C19H37NO4/c1-10-11-16(2,3)14(22)17(4,5)12-18(6,7)15(23)24-19(8,9)20-13-21/h10-11,14,20-22H,12-13H2,1-9H3. The van der Waals surface area contributed by atoms with Crippen LogP contribution in [0.15, 0.2) is 12.2 Å². The molecule has 5 nitrogen and oxygen atoms in total. The molecule has 1 atom stereocenters. The Bertz CT molecular complexity index is 450. The second-order valence-electron chi connectivity index (χ2n) is 9.01. The van der Waals surface area contributed by atoms with Crippen LogP contribution in [0.5, 0.6) is 0 Å². The van der Waals surface area contributed by atoms with Gasteiger partial charge in [-0.25, -0.2) is 0 Å². The van der Waals surface area contributed by atoms with E-state index in [0.29, 0.717) is 6.42 Å². The zero-order valence-electron chi connectivity index (χ0n) is 16.9. The van der Waals surface area contributed by atoms with E-state index in [2.05, 4.69) is 5.32 Å². The summed E-state index contributed by atoms with van der Waals surface area (Å²) in [5.41, 5.74) is -2.60. The number of ether oxygens (including phenoxy) is 1. The van der Waals surface area contributed by atoms with Gasteiger partial charge in [-0.1, -0.05) is 39.8 Å². The van der Waals surface area contributed by atoms with Crippen molar-refractivity contribution in [2.24, 2.45) is 16.2 Å². The van der Waals surface area contributed by atoms with Crippen LogP contribution >= 0.6 is 0 Å². The molecule has 0 aliphatic carbocycles. The fourth-order valence-corrected chi connectivity index (χ4v) is 3.43. The van der Waals surface area contributed by atoms with Gasteiger partial charge in [0.1, 0.15) is 0 Å². The molecular weight excluding hydrogens is 306 g/mol. The average molecular weight is 344 g/mol. The van der Waals surface area contributed by atoms with Crippen LogP contribution in [0.4, 0.5) is 0 Å². The molecule has 3 N–H and O–H groups in total. The van der Waals surface area contributed by atoms with E-state index in [1.165, 1.54) is 0 Å². The van der Waals surface area contributed by atoms with Crippen molar-refractivity contribution in [3.8, 4) is 0 Å². The summed E-state index contributed by atoms with van der Waals surface area (Å²) in [5.74, 6) is -0.363. The second-order valence-corrected chi connectivity index (χ2v) is 9.01. The van der Waals surface area contributed by atoms with Gasteiger partial charge in [0, 0.05) is 5.41 Å². The van der Waals surface area contributed by atoms with Crippen LogP contribution in [0, 0.1) is 16.2 Å². The Morgan fingerprint density at radius 2 is 1.62 bits per heavy atom. The Balaban J connectivity index is 5.22. The van der Waals surface area contributed by atoms with E-state index in [0.717, 1.165) is 0 Å². The van der Waals surface area contributed by atoms with Crippen molar-refractivity contribution < 1.29 is 19.7 Å². The summed E-state index contributed by atoms with van der Waals surface area (Å²) in [5, 5.41) is 22.5. The zero-order valence-corrected chi connectivity index (χ0v) is 16.9. The molecule has 5 heteroatoms. The van der Waals surface area contributed by atoms with Crippen LogP contribution in [-0.2, 0) is 9.53 Å². The first kappa shape index (κ1) is 23.1. The van der Waals surface area contributed by atoms with Gasteiger partial charge in [0.05, 0.1) is 18.2 Å². The molecule has 0 aliphatic rings. The topological polar surface area (TPSA) is 78.8 Å². The highest BCUT2D eigenvalue weighted by molar-refractivity contribution is 5.76. The first-order valence-corrected chi connectivity index (χ1v) is 8.52. The third-order valence-electron chi connectivity index (χ3n) is 4.34. The van der Waals surface area contributed by atoms with Crippen molar-refractivity contribution in [2.45, 2.75) is 80.6 Å². The molecular formula is C19H37NO4. The maximum absolute atomic E-state index is 12.6. The van der Waals surface area contributed by atoms with Crippen LogP contribution in [0.3, 0.4) is 0 Å². The molecule has 0 spiro atoms. The molecule has 1 unspecified atom stereocenters. The Kier molecular flexibility index (Phi) is 7.68. The van der Waals surface area contributed by atoms with Crippen molar-refractivity contribution in [3.63, 3.8) is 0 Å². The van der Waals surface area contributed by atoms with Crippen LogP contribution in [0.1, 0.15) is 68.7 Å². The Morgan fingerprint density at radius 3 is 2.04 bits per heavy atom. The highest BCUT2D eigenvalue weighted by Crippen LogP contribution is 2.43. The maximum atomic E-state index is 12.6. The van der Waals surface area contributed by atoms with Crippen molar-refractivity contribution in [1.82, 2.24) is 5.32 Å². The summed E-state index contributed by atoms with van der Waals surface area (Å²) in [6.45, 7) is 16.6. The minimum Gasteiger partial charge on any atom is -0.444 e. The van der Waals surface area contributed by atoms with Gasteiger partial charge in [-0.3, -0.25) is 10.1 Å². The van der Waals surface area contributed by atoms with Crippen molar-refractivity contribution in [3.05, 3.63) is 12.2 Å². The molecule has 0 saturated heterocycles. The number of hydrogen-bond acceptors (Lipinski definition) is 5. The number of nitrogens with one attached hydrogen (secondary N) is 1. The van der Waals surface area contributed by atoms with Crippen LogP contribution in [0.2, 0.25) is 0 Å². The quantitative estimate of drug-likeness (QED) is 0.340. The van der Waals surface area contributed by atoms with Crippen LogP contribution in [-0.4, -0.2) is 34.7 Å². The second kappa shape index (κ2) is 7.98. The third kappa shape index (κ3) is 6.54. The minimum atomic E-state index is -0.948. The fourth-order valence-electron chi connectivity index (χ4n) is 3.43. The lowest BCUT2D eigenvalue weighted by molar-refractivity contribution is -0.175. The molecule has 0 rings (SSSR count). The fraction of sp³-hybridized carbons (Fsp3) is 0.842. The van der Waals surface area contributed by atoms with E-state index in [1.807, 2.05) is 60.6 Å². The molecule has 24 heavy (non-hydrogen) atoms. The molecule has 0 aromatic rings. The molecule has 0 saturated carbocycles. The predicted molar refractivity (Wildman–Crippen MR) is 97.2 cm³/mol. The van der Waals surface area contributed by atoms with E-state index in [1.54, 1.807) is 13.8 Å². The summed E-state index contributed by atoms with van der Waals surface area (Å²) in [7, 11) is 0. The van der Waals surface area contributed by atoms with Gasteiger partial charge in [0.25, 0.3) is 0 Å². The molecule has 0 aromatic carbocycles. The maximum Gasteiger partial charge on any atom is 0.313 e. The lowest BCUT2D eigenvalue weighted by Gasteiger charge is -2.43. The molecule has 0 heterocycles. The van der Waals surface area contributed by atoms with Gasteiger partial charge in [-0.15, -0.1) is 0 Å². The van der Waals surface area contributed by atoms with E-state index in [4.69, 9.17) is 9.84 Å². The molecule has 0 fully saturated rings. The van der Waals surface area contributed by atoms with Gasteiger partial charge < -0.3 is 14.9 Å². The smallest absolute Gasteiger partial charge is 0.313 e. The Labute approximate surface area is 147 Å². The molecule has 0 radical (unpaired) electrons. The van der Waals surface area contributed by atoms with Gasteiger partial charge in [-0.05, 0) is 46.5 Å². The summed E-state index contributed by atoms with van der Waals surface area (Å²) in [6, 6.07) is 0. The summed E-state index contributed by atoms with van der Waals surface area (Å²) < 4.78 is 5.50. The highest BCUT2D eigenvalue weighted by atomic mass is 16.6. The number of aliphatic hydroxyl groups excluding tert-OH is 2. The van der Waals surface area contributed by atoms with E-state index in [-0.39, 0.29) is 12.7 Å². The largest absolute Gasteiger partial charge is 0.444 e. The Hall–Kier alpha value is -0.910. The first-order valence-electron chi connectivity index (χ1n) is 8.52. The lowest BCUT2D eigenvalue weighted by Crippen LogP contribution is -2.49. The molecule has 142 valence electrons. The number of aliphatic hydroxyl groups is 2. The van der Waals surface area contributed by atoms with Crippen molar-refractivity contribution >= 4 is 5.97 Å². The van der Waals surface area contributed by atoms with Crippen molar-refractivity contribution in [2.75, 3.05) is 6.73 Å².